The number of nitrogens with two attached hydrogens (primary N) is 1. The lowest BCUT2D eigenvalue weighted by Gasteiger charge is -2.21. The zero-order valence-corrected chi connectivity index (χ0v) is 11.6. The van der Waals surface area contributed by atoms with Crippen molar-refractivity contribution in [2.75, 3.05) is 18.0 Å². The molecule has 0 aromatic carbocycles. The maximum Gasteiger partial charge on any atom is 0.261 e. The standard InChI is InChI=1S/C12H18N2OS2/c1-8-10(13)6-11(17-8)12(15)14-7-9-4-2-3-5-16-9/h6,9H,2-5,7,13H2,1H3,(H,14,15). The zero-order valence-electron chi connectivity index (χ0n) is 9.99. The Morgan fingerprint density at radius 1 is 1.59 bits per heavy atom. The van der Waals surface area contributed by atoms with Crippen molar-refractivity contribution in [1.29, 1.82) is 0 Å². The van der Waals surface area contributed by atoms with Gasteiger partial charge in [-0.3, -0.25) is 4.79 Å². The Labute approximate surface area is 110 Å². The Hall–Kier alpha value is -0.680. The molecule has 1 amide bonds. The number of amides is 1. The van der Waals surface area contributed by atoms with Crippen molar-refractivity contribution in [2.24, 2.45) is 0 Å². The maximum atomic E-state index is 11.9. The topological polar surface area (TPSA) is 55.1 Å². The van der Waals surface area contributed by atoms with Crippen LogP contribution in [0.15, 0.2) is 6.07 Å². The van der Waals surface area contributed by atoms with Crippen molar-refractivity contribution < 1.29 is 4.79 Å². The molecule has 3 N–H and O–H groups in total. The number of carbonyl (C=O) groups is 1. The molecule has 1 fully saturated rings. The Kier molecular flexibility index (Phi) is 4.34. The lowest BCUT2D eigenvalue weighted by Crippen LogP contribution is -2.31. The number of hydrogen-bond donors (Lipinski definition) is 2. The van der Waals surface area contributed by atoms with Crippen LogP contribution in [-0.2, 0) is 0 Å². The van der Waals surface area contributed by atoms with Crippen LogP contribution in [0.25, 0.3) is 0 Å². The molecule has 0 saturated carbocycles. The summed E-state index contributed by atoms with van der Waals surface area (Å²) in [6.45, 7) is 2.72. The number of nitrogens with one attached hydrogen (secondary N) is 1. The van der Waals surface area contributed by atoms with Crippen molar-refractivity contribution in [3.8, 4) is 0 Å². The van der Waals surface area contributed by atoms with E-state index in [0.29, 0.717) is 10.9 Å². The molecular formula is C12H18N2OS2. The minimum absolute atomic E-state index is 0.0148. The number of rotatable bonds is 3. The molecule has 1 aromatic rings. The molecular weight excluding hydrogens is 252 g/mol. The first-order chi connectivity index (χ1) is 8.16. The van der Waals surface area contributed by atoms with Crippen molar-refractivity contribution in [3.63, 3.8) is 0 Å². The predicted octanol–water partition coefficient (Wildman–Crippen LogP) is 2.65. The van der Waals surface area contributed by atoms with Gasteiger partial charge in [-0.1, -0.05) is 6.42 Å². The van der Waals surface area contributed by atoms with Crippen LogP contribution in [0.3, 0.4) is 0 Å². The first-order valence-corrected chi connectivity index (χ1v) is 7.79. The number of hydrogen-bond acceptors (Lipinski definition) is 4. The second kappa shape index (κ2) is 5.78. The number of aryl methyl sites for hydroxylation is 1. The largest absolute Gasteiger partial charge is 0.398 e. The van der Waals surface area contributed by atoms with E-state index in [-0.39, 0.29) is 5.91 Å². The predicted molar refractivity (Wildman–Crippen MR) is 75.9 cm³/mol. The maximum absolute atomic E-state index is 11.9. The van der Waals surface area contributed by atoms with E-state index in [1.807, 2.05) is 18.7 Å². The van der Waals surface area contributed by atoms with E-state index < -0.39 is 0 Å². The molecule has 0 spiro atoms. The van der Waals surface area contributed by atoms with Crippen molar-refractivity contribution in [3.05, 3.63) is 15.8 Å². The van der Waals surface area contributed by atoms with Crippen molar-refractivity contribution >= 4 is 34.7 Å². The second-order valence-electron chi connectivity index (χ2n) is 4.32. The fraction of sp³-hybridized carbons (Fsp3) is 0.583. The Balaban J connectivity index is 1.84. The summed E-state index contributed by atoms with van der Waals surface area (Å²) in [7, 11) is 0. The van der Waals surface area contributed by atoms with E-state index in [1.165, 1.54) is 36.4 Å². The van der Waals surface area contributed by atoms with Gasteiger partial charge in [-0.2, -0.15) is 11.8 Å². The van der Waals surface area contributed by atoms with Crippen LogP contribution >= 0.6 is 23.1 Å². The lowest BCUT2D eigenvalue weighted by molar-refractivity contribution is 0.0957. The number of thiophene rings is 1. The molecule has 2 rings (SSSR count). The van der Waals surface area contributed by atoms with E-state index in [0.717, 1.165) is 16.3 Å². The van der Waals surface area contributed by atoms with Gasteiger partial charge in [-0.15, -0.1) is 11.3 Å². The normalized spacial score (nSPS) is 20.2. The molecule has 1 aliphatic heterocycles. The van der Waals surface area contributed by atoms with Gasteiger partial charge in [-0.05, 0) is 31.6 Å². The van der Waals surface area contributed by atoms with Gasteiger partial charge in [-0.25, -0.2) is 0 Å². The van der Waals surface area contributed by atoms with Crippen LogP contribution < -0.4 is 11.1 Å². The molecule has 0 bridgehead atoms. The summed E-state index contributed by atoms with van der Waals surface area (Å²) in [5, 5.41) is 3.59. The van der Waals surface area contributed by atoms with E-state index in [4.69, 9.17) is 5.73 Å². The number of nitrogen functional groups attached to an aromatic ring is 1. The average Bonchev–Trinajstić information content (AvgIpc) is 2.68. The number of carbonyl (C=O) groups excluding carboxylic acids is 1. The Morgan fingerprint density at radius 2 is 2.41 bits per heavy atom. The summed E-state index contributed by atoms with van der Waals surface area (Å²) in [6.07, 6.45) is 3.82. The first kappa shape index (κ1) is 12.8. The highest BCUT2D eigenvalue weighted by molar-refractivity contribution is 7.99. The van der Waals surface area contributed by atoms with Crippen LogP contribution in [0.2, 0.25) is 0 Å². The second-order valence-corrected chi connectivity index (χ2v) is 6.99. The minimum Gasteiger partial charge on any atom is -0.398 e. The van der Waals surface area contributed by atoms with Gasteiger partial charge in [0.1, 0.15) is 0 Å². The highest BCUT2D eigenvalue weighted by Crippen LogP contribution is 2.25. The highest BCUT2D eigenvalue weighted by atomic mass is 32.2. The lowest BCUT2D eigenvalue weighted by atomic mass is 10.2. The van der Waals surface area contributed by atoms with E-state index in [1.54, 1.807) is 6.07 Å². The molecule has 1 aliphatic rings. The third-order valence-corrected chi connectivity index (χ3v) is 5.41. The van der Waals surface area contributed by atoms with Gasteiger partial charge in [0, 0.05) is 22.4 Å². The van der Waals surface area contributed by atoms with E-state index in [2.05, 4.69) is 5.32 Å². The van der Waals surface area contributed by atoms with Gasteiger partial charge in [0.2, 0.25) is 0 Å². The van der Waals surface area contributed by atoms with Crippen LogP contribution in [0.1, 0.15) is 33.8 Å². The Bertz CT molecular complexity index is 378. The van der Waals surface area contributed by atoms with Crippen molar-refractivity contribution in [2.45, 2.75) is 31.4 Å². The third-order valence-electron chi connectivity index (χ3n) is 2.94. The molecule has 5 heteroatoms. The van der Waals surface area contributed by atoms with Gasteiger partial charge in [0.05, 0.1) is 4.88 Å². The quantitative estimate of drug-likeness (QED) is 0.888. The summed E-state index contributed by atoms with van der Waals surface area (Å²) < 4.78 is 0. The van der Waals surface area contributed by atoms with Gasteiger partial charge < -0.3 is 11.1 Å². The zero-order chi connectivity index (χ0) is 12.3. The van der Waals surface area contributed by atoms with Gasteiger partial charge in [0.25, 0.3) is 5.91 Å². The fourth-order valence-corrected chi connectivity index (χ4v) is 3.97. The molecule has 1 atom stereocenters. The number of thioether (sulfide) groups is 1. The molecule has 1 aromatic heterocycles. The molecule has 17 heavy (non-hydrogen) atoms. The smallest absolute Gasteiger partial charge is 0.261 e. The highest BCUT2D eigenvalue weighted by Gasteiger charge is 2.16. The summed E-state index contributed by atoms with van der Waals surface area (Å²) in [4.78, 5) is 13.6. The monoisotopic (exact) mass is 270 g/mol. The molecule has 2 heterocycles. The molecule has 0 aliphatic carbocycles. The van der Waals surface area contributed by atoms with Crippen LogP contribution in [0.5, 0.6) is 0 Å². The van der Waals surface area contributed by atoms with Crippen LogP contribution in [0.4, 0.5) is 5.69 Å². The summed E-state index contributed by atoms with van der Waals surface area (Å²) in [5.41, 5.74) is 6.46. The van der Waals surface area contributed by atoms with Gasteiger partial charge in [0.15, 0.2) is 0 Å². The Morgan fingerprint density at radius 3 is 3.00 bits per heavy atom. The SMILES string of the molecule is Cc1sc(C(=O)NCC2CCCCS2)cc1N. The molecule has 94 valence electrons. The van der Waals surface area contributed by atoms with Crippen molar-refractivity contribution in [1.82, 2.24) is 5.32 Å². The summed E-state index contributed by atoms with van der Waals surface area (Å²) in [6, 6.07) is 1.77. The van der Waals surface area contributed by atoms with E-state index in [9.17, 15) is 4.79 Å². The fourth-order valence-electron chi connectivity index (χ4n) is 1.87. The number of anilines is 1. The molecule has 0 radical (unpaired) electrons. The third kappa shape index (κ3) is 3.39. The summed E-state index contributed by atoms with van der Waals surface area (Å²) in [5.74, 6) is 1.24. The summed E-state index contributed by atoms with van der Waals surface area (Å²) >= 11 is 3.44. The van der Waals surface area contributed by atoms with Crippen LogP contribution in [-0.4, -0.2) is 23.5 Å². The first-order valence-electron chi connectivity index (χ1n) is 5.92. The average molecular weight is 270 g/mol. The van der Waals surface area contributed by atoms with E-state index >= 15 is 0 Å². The van der Waals surface area contributed by atoms with Gasteiger partial charge >= 0.3 is 0 Å². The van der Waals surface area contributed by atoms with Crippen LogP contribution in [0, 0.1) is 6.92 Å². The molecule has 1 unspecified atom stereocenters. The molecule has 1 saturated heterocycles. The minimum atomic E-state index is 0.0148. The molecule has 3 nitrogen and oxygen atoms in total.